The smallest absolute Gasteiger partial charge is 0.315 e. The van der Waals surface area contributed by atoms with Crippen LogP contribution in [0.1, 0.15) is 24.8 Å². The lowest BCUT2D eigenvalue weighted by Crippen LogP contribution is -2.46. The van der Waals surface area contributed by atoms with Gasteiger partial charge in [-0.3, -0.25) is 4.79 Å². The van der Waals surface area contributed by atoms with Gasteiger partial charge in [-0.2, -0.15) is 0 Å². The Bertz CT molecular complexity index is 459. The Morgan fingerprint density at radius 1 is 1.35 bits per heavy atom. The second kappa shape index (κ2) is 3.53. The van der Waals surface area contributed by atoms with Crippen LogP contribution in [-0.2, 0) is 10.2 Å². The van der Waals surface area contributed by atoms with Crippen molar-refractivity contribution in [1.82, 2.24) is 5.32 Å². The molecule has 3 unspecified atom stereocenters. The van der Waals surface area contributed by atoms with E-state index in [4.69, 9.17) is 0 Å². The monoisotopic (exact) mass is 235 g/mol. The molecule has 2 saturated heterocycles. The molecule has 0 amide bonds. The topological polar surface area (TPSA) is 49.3 Å². The van der Waals surface area contributed by atoms with Gasteiger partial charge in [0.25, 0.3) is 0 Å². The highest BCUT2D eigenvalue weighted by Gasteiger charge is 2.56. The van der Waals surface area contributed by atoms with Gasteiger partial charge in [0.1, 0.15) is 11.2 Å². The second-order valence-corrected chi connectivity index (χ2v) is 4.98. The fourth-order valence-corrected chi connectivity index (χ4v) is 3.33. The summed E-state index contributed by atoms with van der Waals surface area (Å²) in [5, 5.41) is 12.9. The van der Waals surface area contributed by atoms with Crippen LogP contribution in [0, 0.1) is 5.82 Å². The number of carboxylic acid groups (broad SMARTS) is 1. The zero-order valence-corrected chi connectivity index (χ0v) is 9.32. The number of hydrogen-bond donors (Lipinski definition) is 2. The largest absolute Gasteiger partial charge is 0.481 e. The van der Waals surface area contributed by atoms with Crippen LogP contribution < -0.4 is 5.32 Å². The van der Waals surface area contributed by atoms with Gasteiger partial charge in [0, 0.05) is 12.1 Å². The van der Waals surface area contributed by atoms with E-state index < -0.39 is 11.4 Å². The molecule has 0 spiro atoms. The molecule has 0 saturated carbocycles. The SMILES string of the molecule is O=C(O)C1(c2ccc(F)cc2)CC2CCC1N2. The number of carboxylic acids is 1. The molecular formula is C13H14FNO2. The van der Waals surface area contributed by atoms with Crippen molar-refractivity contribution in [2.75, 3.05) is 0 Å². The molecule has 3 atom stereocenters. The standard InChI is InChI=1S/C13H14FNO2/c14-9-3-1-8(2-4-9)13(12(16)17)7-10-5-6-11(13)15-10/h1-4,10-11,15H,5-7H2,(H,16,17). The summed E-state index contributed by atoms with van der Waals surface area (Å²) in [5.74, 6) is -1.13. The summed E-state index contributed by atoms with van der Waals surface area (Å²) in [4.78, 5) is 11.7. The van der Waals surface area contributed by atoms with E-state index in [1.807, 2.05) is 0 Å². The molecule has 0 aliphatic carbocycles. The van der Waals surface area contributed by atoms with Gasteiger partial charge >= 0.3 is 5.97 Å². The summed E-state index contributed by atoms with van der Waals surface area (Å²) >= 11 is 0. The number of halogens is 1. The molecule has 3 rings (SSSR count). The minimum absolute atomic E-state index is 0.0181. The summed E-state index contributed by atoms with van der Waals surface area (Å²) in [5.41, 5.74) is -0.150. The van der Waals surface area contributed by atoms with Crippen molar-refractivity contribution < 1.29 is 14.3 Å². The molecule has 2 aliphatic rings. The molecule has 2 bridgehead atoms. The molecule has 0 radical (unpaired) electrons. The van der Waals surface area contributed by atoms with Crippen LogP contribution >= 0.6 is 0 Å². The summed E-state index contributed by atoms with van der Waals surface area (Å²) in [6, 6.07) is 6.16. The quantitative estimate of drug-likeness (QED) is 0.819. The third-order valence-electron chi connectivity index (χ3n) is 4.14. The van der Waals surface area contributed by atoms with Crippen molar-refractivity contribution in [2.24, 2.45) is 0 Å². The van der Waals surface area contributed by atoms with Gasteiger partial charge in [-0.15, -0.1) is 0 Å². The van der Waals surface area contributed by atoms with Crippen LogP contribution in [0.15, 0.2) is 24.3 Å². The first-order chi connectivity index (χ1) is 8.13. The van der Waals surface area contributed by atoms with Gasteiger partial charge in [0.05, 0.1) is 0 Å². The molecule has 3 nitrogen and oxygen atoms in total. The van der Waals surface area contributed by atoms with E-state index in [1.165, 1.54) is 12.1 Å². The highest BCUT2D eigenvalue weighted by atomic mass is 19.1. The number of hydrogen-bond acceptors (Lipinski definition) is 2. The first kappa shape index (κ1) is 10.7. The third kappa shape index (κ3) is 1.40. The minimum atomic E-state index is -0.864. The molecule has 90 valence electrons. The zero-order chi connectivity index (χ0) is 12.0. The van der Waals surface area contributed by atoms with Gasteiger partial charge in [0.15, 0.2) is 0 Å². The van der Waals surface area contributed by atoms with E-state index in [9.17, 15) is 14.3 Å². The van der Waals surface area contributed by atoms with Crippen LogP contribution in [0.2, 0.25) is 0 Å². The molecule has 2 fully saturated rings. The maximum Gasteiger partial charge on any atom is 0.315 e. The average molecular weight is 235 g/mol. The van der Waals surface area contributed by atoms with Gasteiger partial charge in [-0.25, -0.2) is 4.39 Å². The van der Waals surface area contributed by atoms with Gasteiger partial charge < -0.3 is 10.4 Å². The third-order valence-corrected chi connectivity index (χ3v) is 4.14. The number of fused-ring (bicyclic) bond motifs is 2. The van der Waals surface area contributed by atoms with Crippen molar-refractivity contribution in [3.8, 4) is 0 Å². The summed E-state index contributed by atoms with van der Waals surface area (Å²) < 4.78 is 12.9. The molecule has 2 heterocycles. The Balaban J connectivity index is 2.07. The van der Waals surface area contributed by atoms with Crippen LogP contribution in [0.5, 0.6) is 0 Å². The first-order valence-electron chi connectivity index (χ1n) is 5.88. The van der Waals surface area contributed by atoms with Crippen LogP contribution in [0.4, 0.5) is 4.39 Å². The van der Waals surface area contributed by atoms with Crippen molar-refractivity contribution in [3.05, 3.63) is 35.6 Å². The number of carbonyl (C=O) groups is 1. The number of rotatable bonds is 2. The minimum Gasteiger partial charge on any atom is -0.481 e. The maximum absolute atomic E-state index is 12.9. The van der Waals surface area contributed by atoms with E-state index in [-0.39, 0.29) is 11.9 Å². The van der Waals surface area contributed by atoms with E-state index in [1.54, 1.807) is 12.1 Å². The van der Waals surface area contributed by atoms with Crippen LogP contribution in [-0.4, -0.2) is 23.2 Å². The Kier molecular flexibility index (Phi) is 2.23. The predicted octanol–water partition coefficient (Wildman–Crippen LogP) is 1.67. The lowest BCUT2D eigenvalue weighted by molar-refractivity contribution is -0.144. The Morgan fingerprint density at radius 3 is 2.53 bits per heavy atom. The Morgan fingerprint density at radius 2 is 2.06 bits per heavy atom. The van der Waals surface area contributed by atoms with Gasteiger partial charge in [-0.05, 0) is 37.0 Å². The van der Waals surface area contributed by atoms with Gasteiger partial charge in [0.2, 0.25) is 0 Å². The number of aliphatic carboxylic acids is 1. The second-order valence-electron chi connectivity index (χ2n) is 4.98. The maximum atomic E-state index is 12.9. The van der Waals surface area contributed by atoms with Crippen molar-refractivity contribution in [2.45, 2.75) is 36.8 Å². The van der Waals surface area contributed by atoms with Crippen LogP contribution in [0.25, 0.3) is 0 Å². The fourth-order valence-electron chi connectivity index (χ4n) is 3.33. The predicted molar refractivity (Wildman–Crippen MR) is 60.3 cm³/mol. The van der Waals surface area contributed by atoms with Crippen molar-refractivity contribution >= 4 is 5.97 Å². The molecule has 1 aromatic carbocycles. The number of benzene rings is 1. The first-order valence-corrected chi connectivity index (χ1v) is 5.88. The highest BCUT2D eigenvalue weighted by molar-refractivity contribution is 5.83. The van der Waals surface area contributed by atoms with Crippen LogP contribution in [0.3, 0.4) is 0 Å². The van der Waals surface area contributed by atoms with Crippen molar-refractivity contribution in [3.63, 3.8) is 0 Å². The highest BCUT2D eigenvalue weighted by Crippen LogP contribution is 2.45. The summed E-state index contributed by atoms with van der Waals surface area (Å²) in [6.45, 7) is 0. The fraction of sp³-hybridized carbons (Fsp3) is 0.462. The molecule has 17 heavy (non-hydrogen) atoms. The van der Waals surface area contributed by atoms with E-state index in [2.05, 4.69) is 5.32 Å². The lowest BCUT2D eigenvalue weighted by atomic mass is 9.69. The van der Waals surface area contributed by atoms with Gasteiger partial charge in [-0.1, -0.05) is 12.1 Å². The van der Waals surface area contributed by atoms with Crippen molar-refractivity contribution in [1.29, 1.82) is 0 Å². The normalized spacial score (nSPS) is 35.1. The summed E-state index contributed by atoms with van der Waals surface area (Å²) in [7, 11) is 0. The summed E-state index contributed by atoms with van der Waals surface area (Å²) in [6.07, 6.45) is 2.54. The Hall–Kier alpha value is -1.42. The zero-order valence-electron chi connectivity index (χ0n) is 9.32. The molecular weight excluding hydrogens is 221 g/mol. The Labute approximate surface area is 98.6 Å². The lowest BCUT2D eigenvalue weighted by Gasteiger charge is -2.32. The molecule has 2 N–H and O–H groups in total. The van der Waals surface area contributed by atoms with E-state index in [0.717, 1.165) is 12.8 Å². The molecule has 0 aromatic heterocycles. The van der Waals surface area contributed by atoms with E-state index >= 15 is 0 Å². The average Bonchev–Trinajstić information content (AvgIpc) is 2.90. The molecule has 1 aromatic rings. The molecule has 4 heteroatoms. The number of nitrogens with one attached hydrogen (secondary N) is 1. The van der Waals surface area contributed by atoms with E-state index in [0.29, 0.717) is 18.0 Å². The molecule has 2 aliphatic heterocycles.